The van der Waals surface area contributed by atoms with Gasteiger partial charge in [0.2, 0.25) is 5.78 Å². The van der Waals surface area contributed by atoms with E-state index in [2.05, 4.69) is 25.3 Å². The zero-order chi connectivity index (χ0) is 16.1. The summed E-state index contributed by atoms with van der Waals surface area (Å²) in [5, 5.41) is 12.3. The zero-order valence-electron chi connectivity index (χ0n) is 12.4. The van der Waals surface area contributed by atoms with Crippen molar-refractivity contribution in [3.63, 3.8) is 0 Å². The van der Waals surface area contributed by atoms with Gasteiger partial charge in [0.05, 0.1) is 29.0 Å². The van der Waals surface area contributed by atoms with Crippen LogP contribution in [-0.2, 0) is 6.54 Å². The monoisotopic (exact) mass is 317 g/mol. The largest absolute Gasteiger partial charge is 0.272 e. The standard InChI is InChI=1S/C16H11N7O/c24-15-12-6-17-14-11(7-19-21-14)13(12)23-16(18-9-20-23)22(15)8-10-4-2-1-3-5-10/h1-7,9H,8H2,(H,17,19,21). The van der Waals surface area contributed by atoms with Gasteiger partial charge in [-0.2, -0.15) is 19.7 Å². The number of hydrogen-bond donors (Lipinski definition) is 1. The number of aromatic amines is 1. The summed E-state index contributed by atoms with van der Waals surface area (Å²) >= 11 is 0. The van der Waals surface area contributed by atoms with Crippen molar-refractivity contribution in [2.45, 2.75) is 6.54 Å². The average Bonchev–Trinajstić information content (AvgIpc) is 3.27. The van der Waals surface area contributed by atoms with Crippen LogP contribution in [0.1, 0.15) is 5.56 Å². The molecule has 0 saturated carbocycles. The van der Waals surface area contributed by atoms with Gasteiger partial charge in [0.15, 0.2) is 5.65 Å². The Balaban J connectivity index is 1.90. The second-order valence-corrected chi connectivity index (χ2v) is 5.50. The second kappa shape index (κ2) is 4.72. The third-order valence-corrected chi connectivity index (χ3v) is 4.09. The minimum atomic E-state index is -0.148. The van der Waals surface area contributed by atoms with Crippen molar-refractivity contribution in [1.29, 1.82) is 0 Å². The summed E-state index contributed by atoms with van der Waals surface area (Å²) < 4.78 is 3.28. The topological polar surface area (TPSA) is 93.8 Å². The van der Waals surface area contributed by atoms with E-state index in [0.717, 1.165) is 10.9 Å². The first-order chi connectivity index (χ1) is 11.8. The van der Waals surface area contributed by atoms with Crippen LogP contribution in [0.25, 0.3) is 27.7 Å². The summed E-state index contributed by atoms with van der Waals surface area (Å²) in [7, 11) is 0. The third kappa shape index (κ3) is 1.70. The van der Waals surface area contributed by atoms with E-state index >= 15 is 0 Å². The number of pyridine rings is 1. The first kappa shape index (κ1) is 12.9. The Morgan fingerprint density at radius 1 is 1.04 bits per heavy atom. The summed E-state index contributed by atoms with van der Waals surface area (Å²) in [6, 6.07) is 9.78. The van der Waals surface area contributed by atoms with E-state index in [9.17, 15) is 4.79 Å². The normalized spacial score (nSPS) is 11.7. The van der Waals surface area contributed by atoms with Crippen molar-refractivity contribution >= 4 is 27.7 Å². The molecule has 0 spiro atoms. The summed E-state index contributed by atoms with van der Waals surface area (Å²) in [6.07, 6.45) is 4.65. The Kier molecular flexibility index (Phi) is 2.55. The molecule has 1 N–H and O–H groups in total. The Hall–Kier alpha value is -3.55. The van der Waals surface area contributed by atoms with Gasteiger partial charge >= 0.3 is 0 Å². The van der Waals surface area contributed by atoms with E-state index in [0.29, 0.717) is 28.9 Å². The van der Waals surface area contributed by atoms with Gasteiger partial charge < -0.3 is 0 Å². The van der Waals surface area contributed by atoms with E-state index in [1.807, 2.05) is 30.3 Å². The smallest absolute Gasteiger partial charge is 0.264 e. The molecule has 0 aliphatic rings. The number of benzene rings is 1. The van der Waals surface area contributed by atoms with Crippen LogP contribution in [0.2, 0.25) is 0 Å². The molecule has 4 aromatic heterocycles. The Bertz CT molecular complexity index is 1250. The van der Waals surface area contributed by atoms with Crippen LogP contribution in [0, 0.1) is 0 Å². The maximum atomic E-state index is 13.0. The maximum Gasteiger partial charge on any atom is 0.264 e. The molecule has 0 unspecified atom stereocenters. The lowest BCUT2D eigenvalue weighted by Crippen LogP contribution is -2.24. The molecule has 4 heterocycles. The van der Waals surface area contributed by atoms with Gasteiger partial charge in [-0.3, -0.25) is 14.5 Å². The van der Waals surface area contributed by atoms with Crippen molar-refractivity contribution in [3.05, 3.63) is 65.0 Å². The van der Waals surface area contributed by atoms with Crippen molar-refractivity contribution in [2.24, 2.45) is 0 Å². The van der Waals surface area contributed by atoms with Gasteiger partial charge in [0.1, 0.15) is 6.33 Å². The van der Waals surface area contributed by atoms with Crippen molar-refractivity contribution in [3.8, 4) is 0 Å². The summed E-state index contributed by atoms with van der Waals surface area (Å²) in [6.45, 7) is 0.418. The SMILES string of the molecule is O=c1c2cnc3[nH]ncc3c2n2ncnc2n1Cc1ccccc1. The van der Waals surface area contributed by atoms with E-state index in [4.69, 9.17) is 0 Å². The molecule has 0 saturated heterocycles. The summed E-state index contributed by atoms with van der Waals surface area (Å²) in [5.74, 6) is 0.491. The molecule has 116 valence electrons. The number of nitrogens with zero attached hydrogens (tertiary/aromatic N) is 6. The lowest BCUT2D eigenvalue weighted by Gasteiger charge is -2.10. The number of nitrogens with one attached hydrogen (secondary N) is 1. The third-order valence-electron chi connectivity index (χ3n) is 4.09. The molecular formula is C16H11N7O. The fourth-order valence-corrected chi connectivity index (χ4v) is 2.99. The molecule has 0 fully saturated rings. The number of H-pyrrole nitrogens is 1. The van der Waals surface area contributed by atoms with Crippen molar-refractivity contribution < 1.29 is 0 Å². The summed E-state index contributed by atoms with van der Waals surface area (Å²) in [4.78, 5) is 21.6. The fourth-order valence-electron chi connectivity index (χ4n) is 2.99. The summed E-state index contributed by atoms with van der Waals surface area (Å²) in [5.41, 5.74) is 2.14. The Labute approximate surface area is 134 Å². The molecule has 1 aromatic carbocycles. The fraction of sp³-hybridized carbons (Fsp3) is 0.0625. The Morgan fingerprint density at radius 2 is 1.92 bits per heavy atom. The van der Waals surface area contributed by atoms with Crippen LogP contribution in [-0.4, -0.2) is 34.3 Å². The molecule has 5 rings (SSSR count). The predicted molar refractivity (Wildman–Crippen MR) is 87.7 cm³/mol. The minimum Gasteiger partial charge on any atom is -0.272 e. The van der Waals surface area contributed by atoms with Gasteiger partial charge in [-0.25, -0.2) is 4.98 Å². The molecule has 0 aliphatic carbocycles. The molecule has 0 atom stereocenters. The Morgan fingerprint density at radius 3 is 2.79 bits per heavy atom. The van der Waals surface area contributed by atoms with E-state index < -0.39 is 0 Å². The molecule has 0 aliphatic heterocycles. The van der Waals surface area contributed by atoms with E-state index in [1.165, 1.54) is 6.33 Å². The van der Waals surface area contributed by atoms with Crippen LogP contribution in [0.5, 0.6) is 0 Å². The molecule has 8 heteroatoms. The van der Waals surface area contributed by atoms with Gasteiger partial charge in [-0.15, -0.1) is 0 Å². The van der Waals surface area contributed by atoms with Crippen LogP contribution < -0.4 is 5.56 Å². The van der Waals surface area contributed by atoms with E-state index in [1.54, 1.807) is 21.5 Å². The average molecular weight is 317 g/mol. The molecule has 8 nitrogen and oxygen atoms in total. The predicted octanol–water partition coefficient (Wildman–Crippen LogP) is 1.36. The highest BCUT2D eigenvalue weighted by molar-refractivity contribution is 6.01. The van der Waals surface area contributed by atoms with Crippen LogP contribution in [0.15, 0.2) is 53.8 Å². The highest BCUT2D eigenvalue weighted by Gasteiger charge is 2.16. The van der Waals surface area contributed by atoms with Crippen molar-refractivity contribution in [1.82, 2.24) is 34.3 Å². The first-order valence-corrected chi connectivity index (χ1v) is 7.41. The van der Waals surface area contributed by atoms with Crippen LogP contribution in [0.3, 0.4) is 0 Å². The van der Waals surface area contributed by atoms with Crippen LogP contribution >= 0.6 is 0 Å². The number of fused-ring (bicyclic) bond motifs is 5. The lowest BCUT2D eigenvalue weighted by molar-refractivity contribution is 0.759. The quantitative estimate of drug-likeness (QED) is 0.530. The maximum absolute atomic E-state index is 13.0. The minimum absolute atomic E-state index is 0.148. The number of aromatic nitrogens is 7. The van der Waals surface area contributed by atoms with Gasteiger partial charge in [0, 0.05) is 6.20 Å². The van der Waals surface area contributed by atoms with Gasteiger partial charge in [-0.1, -0.05) is 30.3 Å². The highest BCUT2D eigenvalue weighted by atomic mass is 16.1. The van der Waals surface area contributed by atoms with Gasteiger partial charge in [-0.05, 0) is 5.56 Å². The number of rotatable bonds is 2. The first-order valence-electron chi connectivity index (χ1n) is 7.41. The number of hydrogen-bond acceptors (Lipinski definition) is 5. The van der Waals surface area contributed by atoms with Gasteiger partial charge in [0.25, 0.3) is 5.56 Å². The molecule has 24 heavy (non-hydrogen) atoms. The second-order valence-electron chi connectivity index (χ2n) is 5.50. The molecule has 5 aromatic rings. The molecule has 0 radical (unpaired) electrons. The molecule has 0 bridgehead atoms. The van der Waals surface area contributed by atoms with Crippen LogP contribution in [0.4, 0.5) is 0 Å². The zero-order valence-corrected chi connectivity index (χ0v) is 12.4. The van der Waals surface area contributed by atoms with Crippen molar-refractivity contribution in [2.75, 3.05) is 0 Å². The van der Waals surface area contributed by atoms with E-state index in [-0.39, 0.29) is 5.56 Å². The molecule has 0 amide bonds. The molecular weight excluding hydrogens is 306 g/mol. The lowest BCUT2D eigenvalue weighted by atomic mass is 10.2. The highest BCUT2D eigenvalue weighted by Crippen LogP contribution is 2.20.